The topological polar surface area (TPSA) is 84.0 Å². The highest BCUT2D eigenvalue weighted by molar-refractivity contribution is 5.76. The minimum Gasteiger partial charge on any atom is -0.408 e. The monoisotopic (exact) mass is 233 g/mol. The van der Waals surface area contributed by atoms with E-state index in [0.717, 1.165) is 30.6 Å². The average Bonchev–Trinajstić information content (AvgIpc) is 2.62. The highest BCUT2D eigenvalue weighted by atomic mass is 16.4. The molecule has 0 amide bonds. The van der Waals surface area contributed by atoms with Crippen molar-refractivity contribution in [3.63, 3.8) is 0 Å². The molecule has 0 radical (unpaired) electrons. The first-order valence-electron chi connectivity index (χ1n) is 5.83. The summed E-state index contributed by atoms with van der Waals surface area (Å²) in [6.45, 7) is 0.924. The van der Waals surface area contributed by atoms with E-state index in [2.05, 4.69) is 10.3 Å². The minimum atomic E-state index is -0.415. The number of nitrogens with one attached hydrogen (secondary N) is 2. The smallest absolute Gasteiger partial charge is 0.408 e. The Balaban J connectivity index is 1.70. The van der Waals surface area contributed by atoms with Crippen LogP contribution in [0.25, 0.3) is 11.1 Å². The first kappa shape index (κ1) is 10.4. The summed E-state index contributed by atoms with van der Waals surface area (Å²) in [5.41, 5.74) is 8.02. The second-order valence-electron chi connectivity index (χ2n) is 4.70. The highest BCUT2D eigenvalue weighted by Gasteiger charge is 2.25. The Morgan fingerprint density at radius 3 is 3.06 bits per heavy atom. The SMILES string of the molecule is NC1CC(CNc2ccc3[nH]c(=O)oc3c2)C1. The van der Waals surface area contributed by atoms with Gasteiger partial charge in [0.05, 0.1) is 5.52 Å². The summed E-state index contributed by atoms with van der Waals surface area (Å²) in [4.78, 5) is 13.6. The zero-order chi connectivity index (χ0) is 11.8. The van der Waals surface area contributed by atoms with Gasteiger partial charge in [-0.05, 0) is 30.9 Å². The molecule has 1 aromatic heterocycles. The van der Waals surface area contributed by atoms with Crippen LogP contribution in [-0.4, -0.2) is 17.6 Å². The molecular weight excluding hydrogens is 218 g/mol. The van der Waals surface area contributed by atoms with Crippen LogP contribution in [0.4, 0.5) is 5.69 Å². The Morgan fingerprint density at radius 1 is 1.47 bits per heavy atom. The van der Waals surface area contributed by atoms with Gasteiger partial charge in [-0.2, -0.15) is 0 Å². The van der Waals surface area contributed by atoms with Crippen molar-refractivity contribution in [2.24, 2.45) is 11.7 Å². The van der Waals surface area contributed by atoms with E-state index in [-0.39, 0.29) is 0 Å². The lowest BCUT2D eigenvalue weighted by Crippen LogP contribution is -2.39. The van der Waals surface area contributed by atoms with Gasteiger partial charge in [0.25, 0.3) is 0 Å². The molecule has 0 spiro atoms. The number of rotatable bonds is 3. The summed E-state index contributed by atoms with van der Waals surface area (Å²) >= 11 is 0. The molecule has 0 aliphatic heterocycles. The molecule has 1 aromatic carbocycles. The molecule has 3 rings (SSSR count). The Kier molecular flexibility index (Phi) is 2.40. The van der Waals surface area contributed by atoms with Crippen LogP contribution >= 0.6 is 0 Å². The van der Waals surface area contributed by atoms with Crippen molar-refractivity contribution in [3.8, 4) is 0 Å². The average molecular weight is 233 g/mol. The Morgan fingerprint density at radius 2 is 2.29 bits per heavy atom. The van der Waals surface area contributed by atoms with Crippen molar-refractivity contribution in [1.29, 1.82) is 0 Å². The molecule has 1 aliphatic rings. The van der Waals surface area contributed by atoms with Crippen LogP contribution in [0.5, 0.6) is 0 Å². The predicted octanol–water partition coefficient (Wildman–Crippen LogP) is 1.27. The van der Waals surface area contributed by atoms with E-state index in [4.69, 9.17) is 10.2 Å². The molecule has 1 aliphatic carbocycles. The first-order valence-corrected chi connectivity index (χ1v) is 5.83. The number of hydrogen-bond donors (Lipinski definition) is 3. The van der Waals surface area contributed by atoms with Gasteiger partial charge in [0.15, 0.2) is 5.58 Å². The number of nitrogens with two attached hydrogens (primary N) is 1. The van der Waals surface area contributed by atoms with Gasteiger partial charge >= 0.3 is 5.76 Å². The highest BCUT2D eigenvalue weighted by Crippen LogP contribution is 2.26. The number of anilines is 1. The maximum atomic E-state index is 11.0. The zero-order valence-electron chi connectivity index (χ0n) is 9.40. The fourth-order valence-corrected chi connectivity index (χ4v) is 2.27. The van der Waals surface area contributed by atoms with Crippen molar-refractivity contribution in [3.05, 3.63) is 28.7 Å². The van der Waals surface area contributed by atoms with Crippen LogP contribution in [0.1, 0.15) is 12.8 Å². The Labute approximate surface area is 98.0 Å². The quantitative estimate of drug-likeness (QED) is 0.745. The zero-order valence-corrected chi connectivity index (χ0v) is 9.40. The number of benzene rings is 1. The van der Waals surface area contributed by atoms with Crippen molar-refractivity contribution >= 4 is 16.8 Å². The number of oxazole rings is 1. The molecule has 1 saturated carbocycles. The largest absolute Gasteiger partial charge is 0.417 e. The summed E-state index contributed by atoms with van der Waals surface area (Å²) in [5.74, 6) is 0.251. The summed E-state index contributed by atoms with van der Waals surface area (Å²) in [5, 5.41) is 3.34. The van der Waals surface area contributed by atoms with Crippen molar-refractivity contribution in [2.75, 3.05) is 11.9 Å². The first-order chi connectivity index (χ1) is 8.20. The molecule has 5 heteroatoms. The third-order valence-corrected chi connectivity index (χ3v) is 3.29. The Bertz CT molecular complexity index is 581. The van der Waals surface area contributed by atoms with Gasteiger partial charge in [-0.1, -0.05) is 0 Å². The van der Waals surface area contributed by atoms with E-state index in [1.165, 1.54) is 0 Å². The van der Waals surface area contributed by atoms with Crippen LogP contribution in [0.2, 0.25) is 0 Å². The molecule has 1 heterocycles. The van der Waals surface area contributed by atoms with Crippen LogP contribution in [0, 0.1) is 5.92 Å². The van der Waals surface area contributed by atoms with Crippen molar-refractivity contribution in [1.82, 2.24) is 4.98 Å². The molecule has 0 unspecified atom stereocenters. The second kappa shape index (κ2) is 3.92. The van der Waals surface area contributed by atoms with Crippen LogP contribution in [-0.2, 0) is 0 Å². The van der Waals surface area contributed by atoms with E-state index < -0.39 is 5.76 Å². The summed E-state index contributed by atoms with van der Waals surface area (Å²) in [7, 11) is 0. The summed E-state index contributed by atoms with van der Waals surface area (Å²) in [6.07, 6.45) is 2.18. The second-order valence-corrected chi connectivity index (χ2v) is 4.70. The lowest BCUT2D eigenvalue weighted by molar-refractivity contribution is 0.280. The molecule has 5 nitrogen and oxygen atoms in total. The number of hydrogen-bond acceptors (Lipinski definition) is 4. The fourth-order valence-electron chi connectivity index (χ4n) is 2.27. The van der Waals surface area contributed by atoms with Crippen LogP contribution in [0.3, 0.4) is 0 Å². The molecule has 17 heavy (non-hydrogen) atoms. The molecule has 2 aromatic rings. The molecule has 0 atom stereocenters. The van der Waals surface area contributed by atoms with Gasteiger partial charge < -0.3 is 15.5 Å². The van der Waals surface area contributed by atoms with Crippen LogP contribution in [0.15, 0.2) is 27.4 Å². The number of H-pyrrole nitrogens is 1. The van der Waals surface area contributed by atoms with Crippen molar-refractivity contribution < 1.29 is 4.42 Å². The normalized spacial score (nSPS) is 23.6. The summed E-state index contributed by atoms with van der Waals surface area (Å²) in [6, 6.07) is 6.00. The van der Waals surface area contributed by atoms with E-state index in [1.807, 2.05) is 18.2 Å². The van der Waals surface area contributed by atoms with E-state index in [9.17, 15) is 4.79 Å². The van der Waals surface area contributed by atoms with Crippen LogP contribution < -0.4 is 16.8 Å². The maximum Gasteiger partial charge on any atom is 0.417 e. The third kappa shape index (κ3) is 2.06. The molecule has 4 N–H and O–H groups in total. The lowest BCUT2D eigenvalue weighted by atomic mass is 9.81. The molecule has 0 saturated heterocycles. The predicted molar refractivity (Wildman–Crippen MR) is 66.0 cm³/mol. The summed E-state index contributed by atoms with van der Waals surface area (Å²) < 4.78 is 5.00. The molecule has 0 bridgehead atoms. The Hall–Kier alpha value is -1.75. The maximum absolute atomic E-state index is 11.0. The van der Waals surface area contributed by atoms with Gasteiger partial charge in [-0.3, -0.25) is 4.98 Å². The van der Waals surface area contributed by atoms with Gasteiger partial charge in [-0.15, -0.1) is 0 Å². The van der Waals surface area contributed by atoms with Gasteiger partial charge in [-0.25, -0.2) is 4.79 Å². The fraction of sp³-hybridized carbons (Fsp3) is 0.417. The number of aromatic amines is 1. The van der Waals surface area contributed by atoms with Crippen molar-refractivity contribution in [2.45, 2.75) is 18.9 Å². The molecule has 1 fully saturated rings. The number of aromatic nitrogens is 1. The third-order valence-electron chi connectivity index (χ3n) is 3.29. The van der Waals surface area contributed by atoms with Gasteiger partial charge in [0, 0.05) is 24.3 Å². The molecule has 90 valence electrons. The van der Waals surface area contributed by atoms with E-state index >= 15 is 0 Å². The van der Waals surface area contributed by atoms with Gasteiger partial charge in [0.1, 0.15) is 0 Å². The van der Waals surface area contributed by atoms with Gasteiger partial charge in [0.2, 0.25) is 0 Å². The lowest BCUT2D eigenvalue weighted by Gasteiger charge is -2.32. The van der Waals surface area contributed by atoms with E-state index in [0.29, 0.717) is 17.5 Å². The standard InChI is InChI=1S/C12H15N3O2/c13-8-3-7(4-8)6-14-9-1-2-10-11(5-9)17-12(16)15-10/h1-2,5,7-8,14H,3-4,6,13H2,(H,15,16). The van der Waals surface area contributed by atoms with E-state index in [1.54, 1.807) is 0 Å². The number of fused-ring (bicyclic) bond motifs is 1. The molecular formula is C12H15N3O2. The minimum absolute atomic E-state index is 0.381.